The van der Waals surface area contributed by atoms with Gasteiger partial charge < -0.3 is 5.32 Å². The van der Waals surface area contributed by atoms with Crippen LogP contribution in [0.3, 0.4) is 0 Å². The minimum atomic E-state index is 0.433. The first kappa shape index (κ1) is 7.31. The average Bonchev–Trinajstić information content (AvgIpc) is 2.31. The van der Waals surface area contributed by atoms with Gasteiger partial charge in [-0.15, -0.1) is 0 Å². The number of hydrogen-bond donors (Lipinski definition) is 1. The summed E-state index contributed by atoms with van der Waals surface area (Å²) in [5.41, 5.74) is 1.27. The standard InChI is InChI=1S/C7H10BrN3/c1-5-6-4-7(8)10-11(6)3-2-9-5/h4-5,9H,2-3H2,1H3/t5-/m1/s1. The molecular weight excluding hydrogens is 206 g/mol. The third-order valence-corrected chi connectivity index (χ3v) is 2.39. The third-order valence-electron chi connectivity index (χ3n) is 2.00. The molecule has 1 atom stereocenters. The van der Waals surface area contributed by atoms with Crippen molar-refractivity contribution in [2.24, 2.45) is 0 Å². The smallest absolute Gasteiger partial charge is 0.128 e. The van der Waals surface area contributed by atoms with Crippen molar-refractivity contribution in [1.82, 2.24) is 15.1 Å². The summed E-state index contributed by atoms with van der Waals surface area (Å²) in [7, 11) is 0. The van der Waals surface area contributed by atoms with Gasteiger partial charge in [-0.3, -0.25) is 4.68 Å². The van der Waals surface area contributed by atoms with Gasteiger partial charge in [0.25, 0.3) is 0 Å². The van der Waals surface area contributed by atoms with Crippen molar-refractivity contribution in [3.8, 4) is 0 Å². The second-order valence-electron chi connectivity index (χ2n) is 2.79. The summed E-state index contributed by atoms with van der Waals surface area (Å²) in [4.78, 5) is 0. The Morgan fingerprint density at radius 3 is 3.36 bits per heavy atom. The number of halogens is 1. The number of fused-ring (bicyclic) bond motifs is 1. The Morgan fingerprint density at radius 2 is 2.64 bits per heavy atom. The first-order valence-electron chi connectivity index (χ1n) is 3.74. The minimum Gasteiger partial charge on any atom is -0.307 e. The van der Waals surface area contributed by atoms with Crippen LogP contribution in [0.15, 0.2) is 10.7 Å². The zero-order valence-corrected chi connectivity index (χ0v) is 7.93. The van der Waals surface area contributed by atoms with Crippen LogP contribution in [0.25, 0.3) is 0 Å². The van der Waals surface area contributed by atoms with E-state index in [9.17, 15) is 0 Å². The van der Waals surface area contributed by atoms with E-state index in [2.05, 4.69) is 39.3 Å². The lowest BCUT2D eigenvalue weighted by Crippen LogP contribution is -2.31. The third kappa shape index (κ3) is 1.20. The minimum absolute atomic E-state index is 0.433. The zero-order valence-electron chi connectivity index (χ0n) is 6.34. The summed E-state index contributed by atoms with van der Waals surface area (Å²) in [6, 6.07) is 2.50. The fraction of sp³-hybridized carbons (Fsp3) is 0.571. The molecule has 1 aliphatic rings. The van der Waals surface area contributed by atoms with Crippen LogP contribution in [0, 0.1) is 0 Å². The highest BCUT2D eigenvalue weighted by Crippen LogP contribution is 2.19. The van der Waals surface area contributed by atoms with E-state index in [0.717, 1.165) is 17.7 Å². The van der Waals surface area contributed by atoms with E-state index in [1.165, 1.54) is 5.69 Å². The monoisotopic (exact) mass is 215 g/mol. The van der Waals surface area contributed by atoms with E-state index in [1.54, 1.807) is 0 Å². The van der Waals surface area contributed by atoms with Crippen LogP contribution >= 0.6 is 15.9 Å². The molecule has 11 heavy (non-hydrogen) atoms. The van der Waals surface area contributed by atoms with Crippen molar-refractivity contribution in [3.05, 3.63) is 16.4 Å². The zero-order chi connectivity index (χ0) is 7.84. The normalized spacial score (nSPS) is 23.3. The number of nitrogens with one attached hydrogen (secondary N) is 1. The maximum absolute atomic E-state index is 4.29. The highest BCUT2D eigenvalue weighted by atomic mass is 79.9. The van der Waals surface area contributed by atoms with Crippen LogP contribution in [0.5, 0.6) is 0 Å². The average molecular weight is 216 g/mol. The molecule has 0 fully saturated rings. The number of hydrogen-bond acceptors (Lipinski definition) is 2. The first-order valence-corrected chi connectivity index (χ1v) is 4.53. The molecule has 0 aliphatic carbocycles. The van der Waals surface area contributed by atoms with Crippen LogP contribution in [-0.4, -0.2) is 16.3 Å². The molecule has 3 nitrogen and oxygen atoms in total. The molecule has 0 aromatic carbocycles. The maximum Gasteiger partial charge on any atom is 0.128 e. The number of aromatic nitrogens is 2. The predicted molar refractivity (Wildman–Crippen MR) is 46.3 cm³/mol. The van der Waals surface area contributed by atoms with E-state index in [1.807, 2.05) is 4.68 Å². The summed E-state index contributed by atoms with van der Waals surface area (Å²) in [5, 5.41) is 7.66. The van der Waals surface area contributed by atoms with Gasteiger partial charge in [-0.2, -0.15) is 5.10 Å². The molecule has 0 saturated heterocycles. The molecule has 60 valence electrons. The van der Waals surface area contributed by atoms with Crippen LogP contribution in [0.4, 0.5) is 0 Å². The molecule has 1 N–H and O–H groups in total. The summed E-state index contributed by atoms with van der Waals surface area (Å²) < 4.78 is 2.98. The van der Waals surface area contributed by atoms with Gasteiger partial charge in [0.2, 0.25) is 0 Å². The van der Waals surface area contributed by atoms with Crippen molar-refractivity contribution >= 4 is 15.9 Å². The first-order chi connectivity index (χ1) is 5.27. The Morgan fingerprint density at radius 1 is 1.82 bits per heavy atom. The SMILES string of the molecule is C[C@H]1NCCn2nc(Br)cc21. The van der Waals surface area contributed by atoms with Gasteiger partial charge in [0.15, 0.2) is 0 Å². The Hall–Kier alpha value is -0.350. The molecule has 0 spiro atoms. The second kappa shape index (κ2) is 2.60. The van der Waals surface area contributed by atoms with E-state index >= 15 is 0 Å². The molecule has 0 unspecified atom stereocenters. The van der Waals surface area contributed by atoms with E-state index in [0.29, 0.717) is 6.04 Å². The van der Waals surface area contributed by atoms with Crippen LogP contribution in [-0.2, 0) is 6.54 Å². The highest BCUT2D eigenvalue weighted by Gasteiger charge is 2.16. The highest BCUT2D eigenvalue weighted by molar-refractivity contribution is 9.10. The van der Waals surface area contributed by atoms with Crippen LogP contribution in [0.2, 0.25) is 0 Å². The van der Waals surface area contributed by atoms with Gasteiger partial charge in [0, 0.05) is 12.6 Å². The Bertz CT molecular complexity index is 269. The van der Waals surface area contributed by atoms with Crippen LogP contribution in [0.1, 0.15) is 18.7 Å². The molecular formula is C7H10BrN3. The van der Waals surface area contributed by atoms with E-state index in [4.69, 9.17) is 0 Å². The Labute approximate surface area is 73.9 Å². The summed E-state index contributed by atoms with van der Waals surface area (Å²) in [6.07, 6.45) is 0. The van der Waals surface area contributed by atoms with E-state index < -0.39 is 0 Å². The van der Waals surface area contributed by atoms with Crippen molar-refractivity contribution in [3.63, 3.8) is 0 Å². The molecule has 1 aliphatic heterocycles. The lowest BCUT2D eigenvalue weighted by molar-refractivity contribution is 0.419. The van der Waals surface area contributed by atoms with Crippen molar-refractivity contribution in [1.29, 1.82) is 0 Å². The number of rotatable bonds is 0. The molecule has 2 heterocycles. The fourth-order valence-corrected chi connectivity index (χ4v) is 1.84. The lowest BCUT2D eigenvalue weighted by atomic mass is 10.2. The van der Waals surface area contributed by atoms with Gasteiger partial charge in [-0.1, -0.05) is 0 Å². The molecule has 0 saturated carbocycles. The topological polar surface area (TPSA) is 29.9 Å². The molecule has 2 rings (SSSR count). The Balaban J connectivity index is 2.43. The molecule has 0 bridgehead atoms. The molecule has 0 radical (unpaired) electrons. The Kier molecular flexibility index (Phi) is 1.73. The van der Waals surface area contributed by atoms with Gasteiger partial charge in [0.05, 0.1) is 12.2 Å². The summed E-state index contributed by atoms with van der Waals surface area (Å²) in [5.74, 6) is 0. The molecule has 4 heteroatoms. The molecule has 0 amide bonds. The number of nitrogens with zero attached hydrogens (tertiary/aromatic N) is 2. The van der Waals surface area contributed by atoms with E-state index in [-0.39, 0.29) is 0 Å². The second-order valence-corrected chi connectivity index (χ2v) is 3.60. The van der Waals surface area contributed by atoms with Gasteiger partial charge in [-0.25, -0.2) is 0 Å². The summed E-state index contributed by atoms with van der Waals surface area (Å²) >= 11 is 3.36. The lowest BCUT2D eigenvalue weighted by Gasteiger charge is -2.21. The predicted octanol–water partition coefficient (Wildman–Crippen LogP) is 1.31. The van der Waals surface area contributed by atoms with Gasteiger partial charge in [-0.05, 0) is 28.9 Å². The van der Waals surface area contributed by atoms with Crippen molar-refractivity contribution in [2.45, 2.75) is 19.5 Å². The fourth-order valence-electron chi connectivity index (χ4n) is 1.42. The van der Waals surface area contributed by atoms with Crippen molar-refractivity contribution in [2.75, 3.05) is 6.54 Å². The molecule has 1 aromatic rings. The molecule has 1 aromatic heterocycles. The maximum atomic E-state index is 4.29. The van der Waals surface area contributed by atoms with Crippen LogP contribution < -0.4 is 5.32 Å². The van der Waals surface area contributed by atoms with Gasteiger partial charge >= 0.3 is 0 Å². The summed E-state index contributed by atoms with van der Waals surface area (Å²) in [6.45, 7) is 4.15. The van der Waals surface area contributed by atoms with Gasteiger partial charge in [0.1, 0.15) is 4.60 Å². The largest absolute Gasteiger partial charge is 0.307 e. The quantitative estimate of drug-likeness (QED) is 0.708. The van der Waals surface area contributed by atoms with Crippen molar-refractivity contribution < 1.29 is 0 Å².